The number of rotatable bonds is 38. The van der Waals surface area contributed by atoms with Crippen molar-refractivity contribution >= 4 is 19.8 Å². The van der Waals surface area contributed by atoms with Gasteiger partial charge in [0, 0.05) is 12.8 Å². The van der Waals surface area contributed by atoms with Crippen molar-refractivity contribution in [2.45, 2.75) is 243 Å². The van der Waals surface area contributed by atoms with Gasteiger partial charge in [-0.15, -0.1) is 0 Å². The minimum Gasteiger partial charge on any atom is -0.462 e. The van der Waals surface area contributed by atoms with Crippen molar-refractivity contribution < 1.29 is 63.1 Å². The molecule has 1 aliphatic rings. The number of carbonyl (C=O) groups excluding carboxylic acids is 2. The number of phosphoric ester groups is 1. The second-order valence-electron chi connectivity index (χ2n) is 16.3. The van der Waals surface area contributed by atoms with E-state index in [1.165, 1.54) is 103 Å². The van der Waals surface area contributed by atoms with Gasteiger partial charge < -0.3 is 39.9 Å². The Kier molecular flexibility index (Phi) is 33.2. The van der Waals surface area contributed by atoms with Crippen LogP contribution in [0.4, 0.5) is 0 Å². The molecule has 14 heteroatoms. The van der Waals surface area contributed by atoms with Gasteiger partial charge in [-0.3, -0.25) is 18.6 Å². The van der Waals surface area contributed by atoms with E-state index in [1.54, 1.807) is 0 Å². The molecule has 6 N–H and O–H groups in total. The van der Waals surface area contributed by atoms with Crippen LogP contribution in [-0.4, -0.2) is 98.3 Å². The highest BCUT2D eigenvalue weighted by atomic mass is 31.2. The molecule has 0 heterocycles. The molecule has 1 aliphatic carbocycles. The third-order valence-corrected chi connectivity index (χ3v) is 11.8. The molecule has 1 fully saturated rings. The van der Waals surface area contributed by atoms with E-state index in [9.17, 15) is 44.6 Å². The highest BCUT2D eigenvalue weighted by Gasteiger charge is 2.51. The number of ether oxygens (including phenoxy) is 2. The average Bonchev–Trinajstić information content (AvgIpc) is 3.20. The van der Waals surface area contributed by atoms with Crippen LogP contribution in [0, 0.1) is 0 Å². The fraction of sp³-hybridized carbons (Fsp3) is 0.909. The Morgan fingerprint density at radius 3 is 1.31 bits per heavy atom. The first-order valence-electron chi connectivity index (χ1n) is 23.0. The predicted octanol–water partition coefficient (Wildman–Crippen LogP) is 8.67. The zero-order valence-corrected chi connectivity index (χ0v) is 37.0. The summed E-state index contributed by atoms with van der Waals surface area (Å²) in [5.41, 5.74) is 0. The van der Waals surface area contributed by atoms with Crippen LogP contribution in [-0.2, 0) is 32.7 Å². The second kappa shape index (κ2) is 35.2. The lowest BCUT2D eigenvalue weighted by Crippen LogP contribution is -2.64. The topological polar surface area (TPSA) is 210 Å². The fourth-order valence-electron chi connectivity index (χ4n) is 7.11. The minimum atomic E-state index is -5.10. The summed E-state index contributed by atoms with van der Waals surface area (Å²) >= 11 is 0. The van der Waals surface area contributed by atoms with E-state index < -0.39 is 75.7 Å². The molecule has 0 radical (unpaired) electrons. The highest BCUT2D eigenvalue weighted by Crippen LogP contribution is 2.47. The number of unbranched alkanes of at least 4 members (excludes halogenated alkanes) is 24. The van der Waals surface area contributed by atoms with Crippen molar-refractivity contribution in [2.24, 2.45) is 0 Å². The predicted molar refractivity (Wildman–Crippen MR) is 226 cm³/mol. The van der Waals surface area contributed by atoms with Crippen LogP contribution in [0.1, 0.15) is 200 Å². The van der Waals surface area contributed by atoms with Gasteiger partial charge in [0.15, 0.2) is 6.10 Å². The molecule has 0 aliphatic heterocycles. The summed E-state index contributed by atoms with van der Waals surface area (Å²) in [6, 6.07) is 0. The van der Waals surface area contributed by atoms with Gasteiger partial charge in [0.1, 0.15) is 43.2 Å². The Morgan fingerprint density at radius 1 is 0.517 bits per heavy atom. The van der Waals surface area contributed by atoms with Crippen LogP contribution in [0.3, 0.4) is 0 Å². The molecule has 13 nitrogen and oxygen atoms in total. The molecule has 1 rings (SSSR count). The summed E-state index contributed by atoms with van der Waals surface area (Å²) in [5.74, 6) is -1.10. The van der Waals surface area contributed by atoms with Crippen molar-refractivity contribution in [1.82, 2.24) is 0 Å². The molecule has 0 spiro atoms. The van der Waals surface area contributed by atoms with Crippen LogP contribution >= 0.6 is 7.82 Å². The molecule has 0 aromatic rings. The Morgan fingerprint density at radius 2 is 0.879 bits per heavy atom. The van der Waals surface area contributed by atoms with Crippen LogP contribution in [0.5, 0.6) is 0 Å². The van der Waals surface area contributed by atoms with Crippen molar-refractivity contribution in [3.63, 3.8) is 0 Å². The standard InChI is InChI=1S/C44H83O13P/c1-3-5-7-9-11-12-13-14-15-16-17-18-19-20-21-22-23-24-25-26-27-29-31-33-38(46)56-36(34-54-37(45)32-30-28-10-8-6-4-2)35-55-58(52,53)57-44-42(50)40(48)39(47)41(49)43(44)51/h16-17,36,39-44,47-51H,3-15,18-35H2,1-2H3,(H,52,53)/b17-16-. The highest BCUT2D eigenvalue weighted by molar-refractivity contribution is 7.47. The van der Waals surface area contributed by atoms with E-state index in [0.717, 1.165) is 57.8 Å². The summed E-state index contributed by atoms with van der Waals surface area (Å²) in [5, 5.41) is 50.0. The Hall–Kier alpha value is -1.41. The molecular formula is C44H83O13P. The molecule has 342 valence electrons. The van der Waals surface area contributed by atoms with Gasteiger partial charge in [-0.05, 0) is 38.5 Å². The molecule has 0 bridgehead atoms. The smallest absolute Gasteiger partial charge is 0.462 e. The van der Waals surface area contributed by atoms with Gasteiger partial charge in [0.2, 0.25) is 0 Å². The third kappa shape index (κ3) is 27.4. The first kappa shape index (κ1) is 54.6. The number of esters is 2. The van der Waals surface area contributed by atoms with Gasteiger partial charge in [-0.1, -0.05) is 161 Å². The average molecular weight is 851 g/mol. The maximum atomic E-state index is 12.7. The summed E-state index contributed by atoms with van der Waals surface area (Å²) in [6.45, 7) is 3.22. The lowest BCUT2D eigenvalue weighted by Gasteiger charge is -2.41. The van der Waals surface area contributed by atoms with Gasteiger partial charge in [0.05, 0.1) is 6.61 Å². The summed E-state index contributed by atoms with van der Waals surface area (Å²) in [4.78, 5) is 35.4. The van der Waals surface area contributed by atoms with Gasteiger partial charge in [-0.2, -0.15) is 0 Å². The van der Waals surface area contributed by atoms with Crippen molar-refractivity contribution in [1.29, 1.82) is 0 Å². The summed E-state index contributed by atoms with van der Waals surface area (Å²) in [7, 11) is -5.10. The zero-order valence-electron chi connectivity index (χ0n) is 36.1. The van der Waals surface area contributed by atoms with E-state index in [2.05, 4.69) is 26.0 Å². The van der Waals surface area contributed by atoms with Crippen LogP contribution in [0.2, 0.25) is 0 Å². The van der Waals surface area contributed by atoms with Crippen LogP contribution in [0.25, 0.3) is 0 Å². The molecule has 0 saturated heterocycles. The van der Waals surface area contributed by atoms with Crippen LogP contribution < -0.4 is 0 Å². The number of allylic oxidation sites excluding steroid dienone is 2. The second-order valence-corrected chi connectivity index (χ2v) is 17.7. The number of phosphoric acid groups is 1. The van der Waals surface area contributed by atoms with Gasteiger partial charge in [-0.25, -0.2) is 4.57 Å². The van der Waals surface area contributed by atoms with Crippen molar-refractivity contribution in [3.8, 4) is 0 Å². The normalized spacial score (nSPS) is 22.6. The maximum absolute atomic E-state index is 12.7. The first-order chi connectivity index (χ1) is 27.9. The van der Waals surface area contributed by atoms with E-state index in [-0.39, 0.29) is 12.8 Å². The molecule has 58 heavy (non-hydrogen) atoms. The fourth-order valence-corrected chi connectivity index (χ4v) is 8.08. The Balaban J connectivity index is 2.31. The van der Waals surface area contributed by atoms with Crippen molar-refractivity contribution in [3.05, 3.63) is 12.2 Å². The number of aliphatic hydroxyl groups excluding tert-OH is 5. The lowest BCUT2D eigenvalue weighted by atomic mass is 9.85. The monoisotopic (exact) mass is 851 g/mol. The van der Waals surface area contributed by atoms with Crippen LogP contribution in [0.15, 0.2) is 12.2 Å². The Bertz CT molecular complexity index is 1080. The maximum Gasteiger partial charge on any atom is 0.472 e. The molecule has 0 aromatic carbocycles. The number of carbonyl (C=O) groups is 2. The molecule has 6 unspecified atom stereocenters. The Labute approximate surface area is 350 Å². The largest absolute Gasteiger partial charge is 0.472 e. The lowest BCUT2D eigenvalue weighted by molar-refractivity contribution is -0.220. The third-order valence-electron chi connectivity index (χ3n) is 10.9. The molecule has 0 amide bonds. The molecule has 0 aromatic heterocycles. The SMILES string of the molecule is CCCCCCCCCC/C=C\CCCCCCCCCCCCCC(=O)OC(COC(=O)CCCCCCCC)COP(=O)(O)OC1C(O)C(O)C(O)C(O)C1O. The minimum absolute atomic E-state index is 0.0996. The van der Waals surface area contributed by atoms with Crippen molar-refractivity contribution in [2.75, 3.05) is 13.2 Å². The summed E-state index contributed by atoms with van der Waals surface area (Å²) in [6.07, 6.45) is 23.3. The van der Waals surface area contributed by atoms with E-state index in [4.69, 9.17) is 18.5 Å². The van der Waals surface area contributed by atoms with Gasteiger partial charge in [0.25, 0.3) is 0 Å². The molecular weight excluding hydrogens is 767 g/mol. The number of aliphatic hydroxyl groups is 5. The quantitative estimate of drug-likeness (QED) is 0.0149. The first-order valence-corrected chi connectivity index (χ1v) is 24.5. The van der Waals surface area contributed by atoms with Gasteiger partial charge >= 0.3 is 19.8 Å². The number of hydrogen-bond donors (Lipinski definition) is 6. The van der Waals surface area contributed by atoms with E-state index in [0.29, 0.717) is 12.8 Å². The number of hydrogen-bond acceptors (Lipinski definition) is 12. The summed E-state index contributed by atoms with van der Waals surface area (Å²) < 4.78 is 33.3. The van der Waals surface area contributed by atoms with E-state index in [1.807, 2.05) is 0 Å². The molecule has 6 atom stereocenters. The van der Waals surface area contributed by atoms with E-state index >= 15 is 0 Å². The molecule has 1 saturated carbocycles. The zero-order chi connectivity index (χ0) is 42.9.